The number of hydrogen-bond acceptors (Lipinski definition) is 7. The number of methoxy groups -OCH3 is 1. The summed E-state index contributed by atoms with van der Waals surface area (Å²) in [4.78, 5) is 4.54. The molecule has 1 heterocycles. The molecular weight excluding hydrogens is 436 g/mol. The molecule has 0 spiro atoms. The third kappa shape index (κ3) is 5.62. The molecule has 3 aromatic rings. The van der Waals surface area contributed by atoms with Crippen molar-refractivity contribution in [1.82, 2.24) is 9.29 Å². The molecule has 0 bridgehead atoms. The first kappa shape index (κ1) is 23.2. The Balaban J connectivity index is 1.83. The van der Waals surface area contributed by atoms with E-state index in [-0.39, 0.29) is 30.7 Å². The summed E-state index contributed by atoms with van der Waals surface area (Å²) in [5, 5.41) is 11.7. The molecule has 31 heavy (non-hydrogen) atoms. The van der Waals surface area contributed by atoms with Crippen molar-refractivity contribution in [3.8, 4) is 11.5 Å². The van der Waals surface area contributed by atoms with Crippen LogP contribution in [0.25, 0.3) is 0 Å². The molecule has 0 radical (unpaired) electrons. The highest BCUT2D eigenvalue weighted by molar-refractivity contribution is 7.89. The minimum absolute atomic E-state index is 0.115. The third-order valence-electron chi connectivity index (χ3n) is 4.60. The maximum atomic E-state index is 13.2. The van der Waals surface area contributed by atoms with E-state index in [0.29, 0.717) is 17.2 Å². The van der Waals surface area contributed by atoms with Crippen LogP contribution in [0.15, 0.2) is 58.8 Å². The number of nitrogens with zero attached hydrogens (tertiary/aromatic N) is 2. The van der Waals surface area contributed by atoms with E-state index in [1.54, 1.807) is 55.0 Å². The summed E-state index contributed by atoms with van der Waals surface area (Å²) in [6.07, 6.45) is 0. The van der Waals surface area contributed by atoms with E-state index in [0.717, 1.165) is 10.6 Å². The molecule has 0 saturated carbocycles. The van der Waals surface area contributed by atoms with Gasteiger partial charge in [0.05, 0.1) is 24.3 Å². The second-order valence-corrected chi connectivity index (χ2v) is 9.95. The van der Waals surface area contributed by atoms with E-state index in [9.17, 15) is 8.42 Å². The van der Waals surface area contributed by atoms with E-state index < -0.39 is 10.0 Å². The van der Waals surface area contributed by atoms with Gasteiger partial charge in [0, 0.05) is 18.0 Å². The van der Waals surface area contributed by atoms with Crippen LogP contribution in [0.5, 0.6) is 11.5 Å². The average molecular weight is 463 g/mol. The summed E-state index contributed by atoms with van der Waals surface area (Å²) in [7, 11) is -2.10. The Bertz CT molecular complexity index is 1100. The lowest BCUT2D eigenvalue weighted by molar-refractivity contribution is 0.271. The van der Waals surface area contributed by atoms with Gasteiger partial charge in [-0.3, -0.25) is 0 Å². The number of hydrogen-bond donors (Lipinski definition) is 1. The lowest BCUT2D eigenvalue weighted by Crippen LogP contribution is -2.36. The zero-order valence-electron chi connectivity index (χ0n) is 17.7. The quantitative estimate of drug-likeness (QED) is 0.493. The van der Waals surface area contributed by atoms with E-state index in [4.69, 9.17) is 14.6 Å². The molecule has 166 valence electrons. The molecule has 7 nitrogen and oxygen atoms in total. The zero-order chi connectivity index (χ0) is 22.4. The highest BCUT2D eigenvalue weighted by atomic mass is 32.2. The van der Waals surface area contributed by atoms with Gasteiger partial charge in [0.1, 0.15) is 11.6 Å². The maximum Gasteiger partial charge on any atom is 0.243 e. The maximum absolute atomic E-state index is 13.2. The van der Waals surface area contributed by atoms with E-state index in [2.05, 4.69) is 4.98 Å². The van der Waals surface area contributed by atoms with E-state index >= 15 is 0 Å². The van der Waals surface area contributed by atoms with Gasteiger partial charge in [-0.1, -0.05) is 24.3 Å². The lowest BCUT2D eigenvalue weighted by atomic mass is 10.2. The van der Waals surface area contributed by atoms with Crippen LogP contribution in [0.1, 0.15) is 30.1 Å². The van der Waals surface area contributed by atoms with Gasteiger partial charge < -0.3 is 14.6 Å². The number of aromatic nitrogens is 1. The van der Waals surface area contributed by atoms with Gasteiger partial charge in [0.2, 0.25) is 10.0 Å². The molecule has 0 aliphatic carbocycles. The number of rotatable bonds is 10. The molecule has 9 heteroatoms. The fourth-order valence-electron chi connectivity index (χ4n) is 3.01. The van der Waals surface area contributed by atoms with Crippen molar-refractivity contribution in [1.29, 1.82) is 0 Å². The lowest BCUT2D eigenvalue weighted by Gasteiger charge is -2.26. The first-order valence-corrected chi connectivity index (χ1v) is 12.1. The SMILES string of the molecule is COc1ccc(CN(C(C)C)S(=O)(=O)c2ccccc2)cc1OCc1nc(CO)cs1. The minimum atomic E-state index is -3.65. The molecule has 0 atom stereocenters. The van der Waals surface area contributed by atoms with Crippen molar-refractivity contribution in [3.05, 3.63) is 70.2 Å². The van der Waals surface area contributed by atoms with Crippen molar-refractivity contribution in [2.45, 2.75) is 44.5 Å². The molecule has 0 fully saturated rings. The highest BCUT2D eigenvalue weighted by Gasteiger charge is 2.27. The smallest absolute Gasteiger partial charge is 0.243 e. The molecule has 1 aromatic heterocycles. The number of ether oxygens (including phenoxy) is 2. The summed E-state index contributed by atoms with van der Waals surface area (Å²) in [5.41, 5.74) is 1.38. The van der Waals surface area contributed by atoms with Gasteiger partial charge in [-0.25, -0.2) is 13.4 Å². The van der Waals surface area contributed by atoms with Gasteiger partial charge in [-0.15, -0.1) is 11.3 Å². The number of thiazole rings is 1. The monoisotopic (exact) mass is 462 g/mol. The Morgan fingerprint density at radius 3 is 2.48 bits per heavy atom. The normalized spacial score (nSPS) is 11.8. The standard InChI is InChI=1S/C22H26N2O5S2/c1-16(2)24(31(26,27)19-7-5-4-6-8-19)12-17-9-10-20(28-3)21(11-17)29-14-22-23-18(13-25)15-30-22/h4-11,15-16,25H,12-14H2,1-3H3. The zero-order valence-corrected chi connectivity index (χ0v) is 19.3. The molecule has 0 aliphatic heterocycles. The molecule has 0 amide bonds. The second-order valence-electron chi connectivity index (χ2n) is 7.12. The van der Waals surface area contributed by atoms with Crippen LogP contribution in [0.2, 0.25) is 0 Å². The average Bonchev–Trinajstić information content (AvgIpc) is 3.24. The predicted octanol–water partition coefficient (Wildman–Crippen LogP) is 3.82. The summed E-state index contributed by atoms with van der Waals surface area (Å²) >= 11 is 1.40. The molecular formula is C22H26N2O5S2. The molecule has 0 saturated heterocycles. The molecule has 3 rings (SSSR count). The number of sulfonamides is 1. The predicted molar refractivity (Wildman–Crippen MR) is 120 cm³/mol. The fourth-order valence-corrected chi connectivity index (χ4v) is 5.35. The van der Waals surface area contributed by atoms with Gasteiger partial charge in [0.15, 0.2) is 11.5 Å². The number of aliphatic hydroxyl groups excluding tert-OH is 1. The van der Waals surface area contributed by atoms with Gasteiger partial charge in [-0.2, -0.15) is 4.31 Å². The molecule has 1 N–H and O–H groups in total. The van der Waals surface area contributed by atoms with Crippen LogP contribution < -0.4 is 9.47 Å². The topological polar surface area (TPSA) is 89.0 Å². The Morgan fingerprint density at radius 2 is 1.87 bits per heavy atom. The Kier molecular flexibility index (Phi) is 7.66. The summed E-state index contributed by atoms with van der Waals surface area (Å²) < 4.78 is 39.1. The number of benzene rings is 2. The van der Waals surface area contributed by atoms with Crippen LogP contribution in [0, 0.1) is 0 Å². The highest BCUT2D eigenvalue weighted by Crippen LogP contribution is 2.31. The van der Waals surface area contributed by atoms with Crippen molar-refractivity contribution < 1.29 is 23.0 Å². The van der Waals surface area contributed by atoms with Gasteiger partial charge >= 0.3 is 0 Å². The van der Waals surface area contributed by atoms with E-state index in [1.807, 2.05) is 19.9 Å². The Morgan fingerprint density at radius 1 is 1.13 bits per heavy atom. The van der Waals surface area contributed by atoms with Crippen LogP contribution >= 0.6 is 11.3 Å². The second kappa shape index (κ2) is 10.2. The fraction of sp³-hybridized carbons (Fsp3) is 0.318. The number of aliphatic hydroxyl groups is 1. The molecule has 0 aliphatic rings. The molecule has 0 unspecified atom stereocenters. The third-order valence-corrected chi connectivity index (χ3v) is 7.51. The Hall–Kier alpha value is -2.46. The largest absolute Gasteiger partial charge is 0.493 e. The van der Waals surface area contributed by atoms with Crippen LogP contribution in [0.3, 0.4) is 0 Å². The van der Waals surface area contributed by atoms with E-state index in [1.165, 1.54) is 15.6 Å². The van der Waals surface area contributed by atoms with Crippen LogP contribution in [-0.2, 0) is 29.8 Å². The van der Waals surface area contributed by atoms with Crippen LogP contribution in [0.4, 0.5) is 0 Å². The van der Waals surface area contributed by atoms with Crippen molar-refractivity contribution in [2.75, 3.05) is 7.11 Å². The summed E-state index contributed by atoms with van der Waals surface area (Å²) in [5.74, 6) is 1.05. The van der Waals surface area contributed by atoms with Gasteiger partial charge in [0.25, 0.3) is 0 Å². The first-order chi connectivity index (χ1) is 14.8. The van der Waals surface area contributed by atoms with Crippen molar-refractivity contribution >= 4 is 21.4 Å². The summed E-state index contributed by atoms with van der Waals surface area (Å²) in [6.45, 7) is 4.00. The first-order valence-electron chi connectivity index (χ1n) is 9.76. The minimum Gasteiger partial charge on any atom is -0.493 e. The van der Waals surface area contributed by atoms with Gasteiger partial charge in [-0.05, 0) is 43.7 Å². The Labute approximate surface area is 187 Å². The van der Waals surface area contributed by atoms with Crippen molar-refractivity contribution in [3.63, 3.8) is 0 Å². The van der Waals surface area contributed by atoms with Crippen molar-refractivity contribution in [2.24, 2.45) is 0 Å². The summed E-state index contributed by atoms with van der Waals surface area (Å²) in [6, 6.07) is 13.6. The molecule has 2 aromatic carbocycles. The van der Waals surface area contributed by atoms with Crippen LogP contribution in [-0.4, -0.2) is 36.0 Å².